The lowest BCUT2D eigenvalue weighted by molar-refractivity contribution is 1.18. The number of fused-ring (bicyclic) bond motifs is 12. The third kappa shape index (κ3) is 7.14. The first kappa shape index (κ1) is 48.2. The minimum atomic E-state index is 1.14. The van der Waals surface area contributed by atoms with Crippen LogP contribution in [0.4, 0.5) is 0 Å². The van der Waals surface area contributed by atoms with Gasteiger partial charge in [-0.1, -0.05) is 255 Å². The van der Waals surface area contributed by atoms with Gasteiger partial charge in [0, 0.05) is 32.9 Å². The van der Waals surface area contributed by atoms with Gasteiger partial charge in [-0.3, -0.25) is 0 Å². The van der Waals surface area contributed by atoms with Crippen LogP contribution in [0.2, 0.25) is 0 Å². The van der Waals surface area contributed by atoms with E-state index in [-0.39, 0.29) is 0 Å². The van der Waals surface area contributed by atoms with Crippen LogP contribution in [0.3, 0.4) is 0 Å². The Labute approximate surface area is 496 Å². The van der Waals surface area contributed by atoms with Gasteiger partial charge in [0.05, 0.1) is 22.1 Å². The molecule has 2 heteroatoms. The van der Waals surface area contributed by atoms with Gasteiger partial charge in [0.25, 0.3) is 0 Å². The van der Waals surface area contributed by atoms with Crippen LogP contribution in [0.15, 0.2) is 315 Å². The molecule has 2 aromatic heterocycles. The smallest absolute Gasteiger partial charge is 0.0547 e. The number of aromatic nitrogens is 2. The quantitative estimate of drug-likeness (QED) is 0.141. The lowest BCUT2D eigenvalue weighted by atomic mass is 9.81. The van der Waals surface area contributed by atoms with Crippen molar-refractivity contribution in [3.8, 4) is 67.0 Å². The summed E-state index contributed by atoms with van der Waals surface area (Å²) in [5.41, 5.74) is 19.1. The zero-order chi connectivity index (χ0) is 56.4. The molecule has 398 valence electrons. The first-order valence-corrected chi connectivity index (χ1v) is 29.8. The lowest BCUT2D eigenvalue weighted by Gasteiger charge is -2.22. The van der Waals surface area contributed by atoms with Crippen molar-refractivity contribution in [3.63, 3.8) is 0 Å². The van der Waals surface area contributed by atoms with E-state index in [0.29, 0.717) is 0 Å². The summed E-state index contributed by atoms with van der Waals surface area (Å²) < 4.78 is 4.88. The molecule has 0 aliphatic heterocycles. The van der Waals surface area contributed by atoms with Crippen molar-refractivity contribution in [1.29, 1.82) is 0 Å². The fourth-order valence-electron chi connectivity index (χ4n) is 14.9. The van der Waals surface area contributed by atoms with Gasteiger partial charge < -0.3 is 9.13 Å². The van der Waals surface area contributed by atoms with Gasteiger partial charge in [-0.25, -0.2) is 0 Å². The molecule has 2 nitrogen and oxygen atoms in total. The molecule has 18 aromatic rings. The fourth-order valence-corrected chi connectivity index (χ4v) is 14.9. The molecule has 16 aromatic carbocycles. The summed E-state index contributed by atoms with van der Waals surface area (Å²) in [6.07, 6.45) is 0. The second-order valence-corrected chi connectivity index (χ2v) is 22.9. The standard InChI is InChI=1S/C84H52N2/c1-3-27-55(28-4-1)85-77-47-13-11-33-71(77)81-65(45-21-49-79(81)85)63-39-19-43-69-75(63)52-76-64(66-46-22-50-80-82(66)72-34-12-14-48-78(72)86(80)56-29-5-2-6-30-56)40-20-44-70(76)84(69)83-67-41-17-37-61(59-35-15-25-53-23-7-9-31-57(53)59)73(67)51-74-62(38-18-42-68(74)83)60-36-16-26-54-24-8-10-32-58(54)60/h1-52H. The molecule has 0 spiro atoms. The van der Waals surface area contributed by atoms with Gasteiger partial charge in [0.15, 0.2) is 0 Å². The van der Waals surface area contributed by atoms with Crippen molar-refractivity contribution in [3.05, 3.63) is 315 Å². The topological polar surface area (TPSA) is 9.86 Å². The van der Waals surface area contributed by atoms with Crippen molar-refractivity contribution < 1.29 is 0 Å². The summed E-state index contributed by atoms with van der Waals surface area (Å²) in [4.78, 5) is 0. The first-order chi connectivity index (χ1) is 42.7. The Morgan fingerprint density at radius 1 is 0.163 bits per heavy atom. The largest absolute Gasteiger partial charge is 0.309 e. The predicted molar refractivity (Wildman–Crippen MR) is 367 cm³/mol. The summed E-state index contributed by atoms with van der Waals surface area (Å²) in [5, 5.41) is 19.5. The predicted octanol–water partition coefficient (Wildman–Crippen LogP) is 23.1. The summed E-state index contributed by atoms with van der Waals surface area (Å²) in [5.74, 6) is 0. The minimum Gasteiger partial charge on any atom is -0.309 e. The van der Waals surface area contributed by atoms with E-state index in [0.717, 1.165) is 11.4 Å². The van der Waals surface area contributed by atoms with Gasteiger partial charge in [0.1, 0.15) is 0 Å². The summed E-state index contributed by atoms with van der Waals surface area (Å²) in [7, 11) is 0. The molecule has 0 aliphatic rings. The van der Waals surface area contributed by atoms with E-state index >= 15 is 0 Å². The van der Waals surface area contributed by atoms with Crippen molar-refractivity contribution in [1.82, 2.24) is 9.13 Å². The van der Waals surface area contributed by atoms with Crippen LogP contribution in [0.25, 0.3) is 175 Å². The zero-order valence-electron chi connectivity index (χ0n) is 46.9. The van der Waals surface area contributed by atoms with E-state index < -0.39 is 0 Å². The highest BCUT2D eigenvalue weighted by Crippen LogP contribution is 2.52. The number of hydrogen-bond donors (Lipinski definition) is 0. The molecule has 0 atom stereocenters. The van der Waals surface area contributed by atoms with Crippen LogP contribution >= 0.6 is 0 Å². The third-order valence-electron chi connectivity index (χ3n) is 18.5. The van der Waals surface area contributed by atoms with Gasteiger partial charge in [-0.05, 0) is 181 Å². The van der Waals surface area contributed by atoms with Crippen molar-refractivity contribution in [2.24, 2.45) is 0 Å². The Morgan fingerprint density at radius 3 is 0.814 bits per heavy atom. The van der Waals surface area contributed by atoms with E-state index in [4.69, 9.17) is 0 Å². The normalized spacial score (nSPS) is 12.0. The lowest BCUT2D eigenvalue weighted by Crippen LogP contribution is -1.95. The van der Waals surface area contributed by atoms with Gasteiger partial charge in [-0.2, -0.15) is 0 Å². The van der Waals surface area contributed by atoms with Crippen molar-refractivity contribution >= 4 is 108 Å². The van der Waals surface area contributed by atoms with Crippen LogP contribution in [-0.2, 0) is 0 Å². The Hall–Kier alpha value is -11.3. The number of rotatable bonds is 7. The molecule has 0 amide bonds. The first-order valence-electron chi connectivity index (χ1n) is 29.8. The van der Waals surface area contributed by atoms with Crippen LogP contribution < -0.4 is 0 Å². The highest BCUT2D eigenvalue weighted by Gasteiger charge is 2.26. The molecule has 18 rings (SSSR count). The Morgan fingerprint density at radius 2 is 0.419 bits per heavy atom. The molecule has 2 heterocycles. The molecule has 0 radical (unpaired) electrons. The van der Waals surface area contributed by atoms with Crippen LogP contribution in [0.5, 0.6) is 0 Å². The maximum absolute atomic E-state index is 2.54. The highest BCUT2D eigenvalue weighted by atomic mass is 15.0. The highest BCUT2D eigenvalue weighted by molar-refractivity contribution is 6.30. The second kappa shape index (κ2) is 19.1. The average Bonchev–Trinajstić information content (AvgIpc) is 1.08. The summed E-state index contributed by atoms with van der Waals surface area (Å²) >= 11 is 0. The monoisotopic (exact) mass is 1090 g/mol. The Balaban J connectivity index is 1.03. The fraction of sp³-hybridized carbons (Fsp3) is 0. The van der Waals surface area contributed by atoms with E-state index in [1.54, 1.807) is 0 Å². The second-order valence-electron chi connectivity index (χ2n) is 22.9. The molecule has 0 saturated carbocycles. The summed E-state index contributed by atoms with van der Waals surface area (Å²) in [6, 6.07) is 118. The van der Waals surface area contributed by atoms with Crippen LogP contribution in [0.1, 0.15) is 0 Å². The summed E-state index contributed by atoms with van der Waals surface area (Å²) in [6.45, 7) is 0. The number of hydrogen-bond acceptors (Lipinski definition) is 0. The molecule has 0 bridgehead atoms. The number of para-hydroxylation sites is 4. The molecule has 86 heavy (non-hydrogen) atoms. The van der Waals surface area contributed by atoms with Gasteiger partial charge in [-0.15, -0.1) is 0 Å². The molecule has 0 saturated heterocycles. The third-order valence-corrected chi connectivity index (χ3v) is 18.5. The molecular formula is C84H52N2. The molecule has 0 unspecified atom stereocenters. The average molecular weight is 1090 g/mol. The van der Waals surface area contributed by atoms with Crippen LogP contribution in [0, 0.1) is 0 Å². The molecule has 0 N–H and O–H groups in total. The Bertz CT molecular complexity index is 5460. The van der Waals surface area contributed by atoms with Gasteiger partial charge in [0.2, 0.25) is 0 Å². The maximum atomic E-state index is 2.54. The minimum absolute atomic E-state index is 1.14. The Kier molecular flexibility index (Phi) is 10.7. The van der Waals surface area contributed by atoms with E-state index in [1.807, 2.05) is 0 Å². The molecular weight excluding hydrogens is 1040 g/mol. The zero-order valence-corrected chi connectivity index (χ0v) is 46.9. The van der Waals surface area contributed by atoms with E-state index in [2.05, 4.69) is 325 Å². The van der Waals surface area contributed by atoms with Crippen molar-refractivity contribution in [2.75, 3.05) is 0 Å². The molecule has 0 aliphatic carbocycles. The van der Waals surface area contributed by atoms with Gasteiger partial charge >= 0.3 is 0 Å². The molecule has 0 fully saturated rings. The SMILES string of the molecule is c1ccc(-n2c3ccccc3c3c(-c4cccc5c(-c6c7cccc(-c8cccc9ccccc89)c7cc7c(-c8cccc9ccccc89)cccc67)c6cccc(-c7cccc8c7c7ccccc7n8-c7ccccc7)c6cc45)cccc32)cc1. The maximum Gasteiger partial charge on any atom is 0.0547 e. The van der Waals surface area contributed by atoms with Crippen molar-refractivity contribution in [2.45, 2.75) is 0 Å². The number of nitrogens with zero attached hydrogens (tertiary/aromatic N) is 2. The number of benzene rings is 16. The van der Waals surface area contributed by atoms with E-state index in [1.165, 1.54) is 164 Å². The van der Waals surface area contributed by atoms with E-state index in [9.17, 15) is 0 Å². The van der Waals surface area contributed by atoms with Crippen LogP contribution in [-0.4, -0.2) is 9.13 Å².